The van der Waals surface area contributed by atoms with E-state index in [1.807, 2.05) is 39.0 Å². The van der Waals surface area contributed by atoms with Gasteiger partial charge >= 0.3 is 0 Å². The summed E-state index contributed by atoms with van der Waals surface area (Å²) in [5, 5.41) is 2.90. The van der Waals surface area contributed by atoms with E-state index in [1.165, 1.54) is 0 Å². The van der Waals surface area contributed by atoms with Crippen molar-refractivity contribution in [2.24, 2.45) is 11.1 Å². The predicted molar refractivity (Wildman–Crippen MR) is 73.8 cm³/mol. The van der Waals surface area contributed by atoms with Crippen LogP contribution in [-0.4, -0.2) is 19.6 Å². The van der Waals surface area contributed by atoms with Crippen molar-refractivity contribution < 1.29 is 9.53 Å². The maximum atomic E-state index is 12.1. The lowest BCUT2D eigenvalue weighted by atomic mass is 9.86. The number of benzene rings is 1. The van der Waals surface area contributed by atoms with Gasteiger partial charge in [0.2, 0.25) is 5.91 Å². The lowest BCUT2D eigenvalue weighted by Gasteiger charge is -2.25. The smallest absolute Gasteiger partial charge is 0.231 e. The molecule has 1 aromatic carbocycles. The third-order valence-corrected chi connectivity index (χ3v) is 3.43. The Balaban J connectivity index is 2.85. The highest BCUT2D eigenvalue weighted by atomic mass is 16.5. The van der Waals surface area contributed by atoms with E-state index in [0.717, 1.165) is 17.0 Å². The molecule has 0 aliphatic rings. The fourth-order valence-corrected chi connectivity index (χ4v) is 1.64. The Morgan fingerprint density at radius 1 is 1.50 bits per heavy atom. The summed E-state index contributed by atoms with van der Waals surface area (Å²) < 4.78 is 5.18. The standard InChI is InChI=1S/C14H22N2O2/c1-5-14(3,9-15)13(17)16-11-6-7-12(18-4)10(2)8-11/h6-8H,5,9,15H2,1-4H3,(H,16,17). The summed E-state index contributed by atoms with van der Waals surface area (Å²) >= 11 is 0. The Morgan fingerprint density at radius 2 is 2.17 bits per heavy atom. The number of carbonyl (C=O) groups is 1. The molecule has 0 fully saturated rings. The van der Waals surface area contributed by atoms with Gasteiger partial charge in [-0.2, -0.15) is 0 Å². The molecule has 100 valence electrons. The molecular formula is C14H22N2O2. The summed E-state index contributed by atoms with van der Waals surface area (Å²) in [6.07, 6.45) is 0.713. The number of hydrogen-bond donors (Lipinski definition) is 2. The van der Waals surface area contributed by atoms with E-state index < -0.39 is 5.41 Å². The van der Waals surface area contributed by atoms with E-state index in [1.54, 1.807) is 7.11 Å². The number of hydrogen-bond acceptors (Lipinski definition) is 3. The van der Waals surface area contributed by atoms with Crippen molar-refractivity contribution in [1.29, 1.82) is 0 Å². The summed E-state index contributed by atoms with van der Waals surface area (Å²) in [7, 11) is 1.63. The molecule has 1 atom stereocenters. The van der Waals surface area contributed by atoms with Crippen molar-refractivity contribution in [3.63, 3.8) is 0 Å². The third-order valence-electron chi connectivity index (χ3n) is 3.43. The fourth-order valence-electron chi connectivity index (χ4n) is 1.64. The topological polar surface area (TPSA) is 64.4 Å². The molecule has 0 aromatic heterocycles. The average Bonchev–Trinajstić information content (AvgIpc) is 2.38. The van der Waals surface area contributed by atoms with Crippen molar-refractivity contribution in [3.05, 3.63) is 23.8 Å². The summed E-state index contributed by atoms with van der Waals surface area (Å²) in [6.45, 7) is 6.12. The normalized spacial score (nSPS) is 13.8. The van der Waals surface area contributed by atoms with Crippen LogP contribution in [0.4, 0.5) is 5.69 Å². The highest BCUT2D eigenvalue weighted by Crippen LogP contribution is 2.25. The fraction of sp³-hybridized carbons (Fsp3) is 0.500. The van der Waals surface area contributed by atoms with Crippen LogP contribution >= 0.6 is 0 Å². The lowest BCUT2D eigenvalue weighted by Crippen LogP contribution is -2.39. The van der Waals surface area contributed by atoms with Gasteiger partial charge in [-0.15, -0.1) is 0 Å². The van der Waals surface area contributed by atoms with E-state index >= 15 is 0 Å². The summed E-state index contributed by atoms with van der Waals surface area (Å²) in [5.41, 5.74) is 6.90. The van der Waals surface area contributed by atoms with Gasteiger partial charge in [-0.05, 0) is 44.0 Å². The van der Waals surface area contributed by atoms with E-state index in [0.29, 0.717) is 13.0 Å². The molecule has 0 saturated heterocycles. The van der Waals surface area contributed by atoms with Gasteiger partial charge in [0.15, 0.2) is 0 Å². The molecule has 3 N–H and O–H groups in total. The second kappa shape index (κ2) is 5.87. The van der Waals surface area contributed by atoms with Gasteiger partial charge in [-0.25, -0.2) is 0 Å². The van der Waals surface area contributed by atoms with Crippen molar-refractivity contribution >= 4 is 11.6 Å². The molecule has 18 heavy (non-hydrogen) atoms. The predicted octanol–water partition coefficient (Wildman–Crippen LogP) is 2.32. The molecule has 1 unspecified atom stereocenters. The number of carbonyl (C=O) groups excluding carboxylic acids is 1. The number of methoxy groups -OCH3 is 1. The van der Waals surface area contributed by atoms with Crippen LogP contribution in [0.2, 0.25) is 0 Å². The zero-order valence-corrected chi connectivity index (χ0v) is 11.5. The van der Waals surface area contributed by atoms with E-state index in [4.69, 9.17) is 10.5 Å². The lowest BCUT2D eigenvalue weighted by molar-refractivity contribution is -0.124. The molecule has 0 aliphatic carbocycles. The van der Waals surface area contributed by atoms with Crippen molar-refractivity contribution in [2.75, 3.05) is 19.0 Å². The minimum absolute atomic E-state index is 0.0444. The number of aryl methyl sites for hydroxylation is 1. The quantitative estimate of drug-likeness (QED) is 0.843. The third kappa shape index (κ3) is 3.01. The van der Waals surface area contributed by atoms with Crippen LogP contribution in [0.3, 0.4) is 0 Å². The molecule has 1 rings (SSSR count). The van der Waals surface area contributed by atoms with Crippen LogP contribution in [-0.2, 0) is 4.79 Å². The molecule has 4 heteroatoms. The molecule has 1 amide bonds. The van der Waals surface area contributed by atoms with Crippen molar-refractivity contribution in [2.45, 2.75) is 27.2 Å². The van der Waals surface area contributed by atoms with Gasteiger partial charge in [0.05, 0.1) is 12.5 Å². The molecule has 0 bridgehead atoms. The van der Waals surface area contributed by atoms with Crippen LogP contribution in [0, 0.1) is 12.3 Å². The minimum atomic E-state index is -0.520. The first-order chi connectivity index (χ1) is 8.46. The molecule has 0 saturated carbocycles. The minimum Gasteiger partial charge on any atom is -0.496 e. The van der Waals surface area contributed by atoms with Gasteiger partial charge in [0.1, 0.15) is 5.75 Å². The monoisotopic (exact) mass is 250 g/mol. The van der Waals surface area contributed by atoms with Crippen LogP contribution in [0.15, 0.2) is 18.2 Å². The Kier molecular flexibility index (Phi) is 4.73. The van der Waals surface area contributed by atoms with E-state index in [2.05, 4.69) is 5.32 Å². The highest BCUT2D eigenvalue weighted by Gasteiger charge is 2.29. The van der Waals surface area contributed by atoms with Gasteiger partial charge in [-0.1, -0.05) is 6.92 Å². The Bertz CT molecular complexity index is 426. The number of nitrogens with two attached hydrogens (primary N) is 1. The second-order valence-electron chi connectivity index (χ2n) is 4.76. The molecule has 4 nitrogen and oxygen atoms in total. The average molecular weight is 250 g/mol. The first-order valence-corrected chi connectivity index (χ1v) is 6.13. The maximum absolute atomic E-state index is 12.1. The second-order valence-corrected chi connectivity index (χ2v) is 4.76. The van der Waals surface area contributed by atoms with Crippen LogP contribution in [0.5, 0.6) is 5.75 Å². The summed E-state index contributed by atoms with van der Waals surface area (Å²) in [6, 6.07) is 5.57. The van der Waals surface area contributed by atoms with Gasteiger partial charge in [0.25, 0.3) is 0 Å². The molecular weight excluding hydrogens is 228 g/mol. The SMILES string of the molecule is CCC(C)(CN)C(=O)Nc1ccc(OC)c(C)c1. The largest absolute Gasteiger partial charge is 0.496 e. The van der Waals surface area contributed by atoms with Gasteiger partial charge in [0, 0.05) is 12.2 Å². The number of ether oxygens (including phenoxy) is 1. The Labute approximate surface area is 109 Å². The van der Waals surface area contributed by atoms with Gasteiger partial charge in [-0.3, -0.25) is 4.79 Å². The highest BCUT2D eigenvalue weighted by molar-refractivity contribution is 5.95. The summed E-state index contributed by atoms with van der Waals surface area (Å²) in [5.74, 6) is 0.766. The zero-order chi connectivity index (χ0) is 13.8. The first-order valence-electron chi connectivity index (χ1n) is 6.13. The summed E-state index contributed by atoms with van der Waals surface area (Å²) in [4.78, 5) is 12.1. The maximum Gasteiger partial charge on any atom is 0.231 e. The molecule has 0 aliphatic heterocycles. The van der Waals surface area contributed by atoms with Gasteiger partial charge < -0.3 is 15.8 Å². The zero-order valence-electron chi connectivity index (χ0n) is 11.5. The number of nitrogens with one attached hydrogen (secondary N) is 1. The molecule has 0 heterocycles. The number of rotatable bonds is 5. The Hall–Kier alpha value is -1.55. The molecule has 0 spiro atoms. The first kappa shape index (κ1) is 14.5. The van der Waals surface area contributed by atoms with Crippen molar-refractivity contribution in [1.82, 2.24) is 0 Å². The number of anilines is 1. The van der Waals surface area contributed by atoms with Crippen LogP contribution in [0.25, 0.3) is 0 Å². The number of amides is 1. The van der Waals surface area contributed by atoms with Crippen molar-refractivity contribution in [3.8, 4) is 5.75 Å². The molecule has 0 radical (unpaired) electrons. The Morgan fingerprint density at radius 3 is 2.61 bits per heavy atom. The van der Waals surface area contributed by atoms with Crippen LogP contribution in [0.1, 0.15) is 25.8 Å². The van der Waals surface area contributed by atoms with Crippen LogP contribution < -0.4 is 15.8 Å². The van der Waals surface area contributed by atoms with E-state index in [9.17, 15) is 4.79 Å². The molecule has 1 aromatic rings. The van der Waals surface area contributed by atoms with E-state index in [-0.39, 0.29) is 5.91 Å².